The Balaban J connectivity index is 1.87. The minimum atomic E-state index is 0.395. The zero-order valence-electron chi connectivity index (χ0n) is 13.3. The van der Waals surface area contributed by atoms with Crippen molar-refractivity contribution in [2.24, 2.45) is 0 Å². The first-order valence-corrected chi connectivity index (χ1v) is 8.56. The molecule has 2 aliphatic rings. The zero-order chi connectivity index (χ0) is 14.7. The standard InChI is InChI=1S/C18H28N2O/c1-3-14-9-7-8-12-20(14)16-13-21-17-11-6-5-10-15(17)18(16)19-4-2/h5-6,10-11,14,16,18-19H,3-4,7-9,12-13H2,1-2H3. The van der Waals surface area contributed by atoms with Gasteiger partial charge in [0.2, 0.25) is 0 Å². The molecule has 0 aliphatic carbocycles. The van der Waals surface area contributed by atoms with Crippen molar-refractivity contribution in [2.75, 3.05) is 19.7 Å². The molecule has 1 aromatic carbocycles. The lowest BCUT2D eigenvalue weighted by Crippen LogP contribution is -2.55. The Bertz CT molecular complexity index is 462. The summed E-state index contributed by atoms with van der Waals surface area (Å²) < 4.78 is 6.08. The van der Waals surface area contributed by atoms with E-state index in [4.69, 9.17) is 4.74 Å². The largest absolute Gasteiger partial charge is 0.492 e. The van der Waals surface area contributed by atoms with Gasteiger partial charge in [0.1, 0.15) is 12.4 Å². The fraction of sp³-hybridized carbons (Fsp3) is 0.667. The molecule has 116 valence electrons. The van der Waals surface area contributed by atoms with E-state index in [0.717, 1.165) is 24.9 Å². The van der Waals surface area contributed by atoms with E-state index < -0.39 is 0 Å². The molecule has 3 heteroatoms. The molecule has 0 radical (unpaired) electrons. The summed E-state index contributed by atoms with van der Waals surface area (Å²) >= 11 is 0. The Hall–Kier alpha value is -1.06. The van der Waals surface area contributed by atoms with E-state index in [2.05, 4.69) is 48.3 Å². The van der Waals surface area contributed by atoms with Crippen LogP contribution >= 0.6 is 0 Å². The first-order chi connectivity index (χ1) is 10.3. The molecule has 0 saturated carbocycles. The Labute approximate surface area is 128 Å². The maximum Gasteiger partial charge on any atom is 0.124 e. The van der Waals surface area contributed by atoms with Crippen LogP contribution in [0.2, 0.25) is 0 Å². The van der Waals surface area contributed by atoms with E-state index >= 15 is 0 Å². The number of para-hydroxylation sites is 1. The molecule has 1 saturated heterocycles. The predicted octanol–water partition coefficient (Wildman–Crippen LogP) is 3.36. The van der Waals surface area contributed by atoms with Gasteiger partial charge in [-0.2, -0.15) is 0 Å². The topological polar surface area (TPSA) is 24.5 Å². The summed E-state index contributed by atoms with van der Waals surface area (Å²) in [6, 6.07) is 10.1. The summed E-state index contributed by atoms with van der Waals surface area (Å²) in [5.74, 6) is 1.06. The van der Waals surface area contributed by atoms with Crippen LogP contribution in [-0.2, 0) is 0 Å². The van der Waals surface area contributed by atoms with Crippen molar-refractivity contribution in [1.29, 1.82) is 0 Å². The third-order valence-electron chi connectivity index (χ3n) is 5.04. The van der Waals surface area contributed by atoms with E-state index in [1.54, 1.807) is 0 Å². The second-order valence-electron chi connectivity index (χ2n) is 6.25. The molecule has 2 heterocycles. The molecule has 3 rings (SSSR count). The highest BCUT2D eigenvalue weighted by Gasteiger charge is 2.37. The SMILES string of the molecule is CCNC1c2ccccc2OCC1N1CCCCC1CC. The van der Waals surface area contributed by atoms with Gasteiger partial charge in [0.05, 0.1) is 12.1 Å². The molecule has 3 atom stereocenters. The lowest BCUT2D eigenvalue weighted by molar-refractivity contribution is 0.0298. The first kappa shape index (κ1) is 14.9. The number of fused-ring (bicyclic) bond motifs is 1. The average Bonchev–Trinajstić information content (AvgIpc) is 2.55. The average molecular weight is 288 g/mol. The second kappa shape index (κ2) is 6.80. The van der Waals surface area contributed by atoms with Gasteiger partial charge in [0, 0.05) is 11.6 Å². The van der Waals surface area contributed by atoms with Crippen LogP contribution in [0.4, 0.5) is 0 Å². The summed E-state index contributed by atoms with van der Waals surface area (Å²) in [7, 11) is 0. The van der Waals surface area contributed by atoms with Crippen LogP contribution in [0.25, 0.3) is 0 Å². The van der Waals surface area contributed by atoms with Crippen molar-refractivity contribution in [3.8, 4) is 5.75 Å². The maximum absolute atomic E-state index is 6.08. The number of hydrogen-bond acceptors (Lipinski definition) is 3. The van der Waals surface area contributed by atoms with E-state index in [1.165, 1.54) is 37.8 Å². The number of piperidine rings is 1. The molecule has 1 fully saturated rings. The van der Waals surface area contributed by atoms with Gasteiger partial charge in [0.25, 0.3) is 0 Å². The number of nitrogens with zero attached hydrogens (tertiary/aromatic N) is 1. The van der Waals surface area contributed by atoms with E-state index in [1.807, 2.05) is 0 Å². The highest BCUT2D eigenvalue weighted by molar-refractivity contribution is 5.39. The third-order valence-corrected chi connectivity index (χ3v) is 5.04. The number of hydrogen-bond donors (Lipinski definition) is 1. The van der Waals surface area contributed by atoms with Crippen LogP contribution in [0.3, 0.4) is 0 Å². The summed E-state index contributed by atoms with van der Waals surface area (Å²) in [5.41, 5.74) is 1.33. The molecule has 0 spiro atoms. The molecule has 0 aromatic heterocycles. The van der Waals surface area contributed by atoms with Crippen molar-refractivity contribution < 1.29 is 4.74 Å². The Morgan fingerprint density at radius 2 is 2.10 bits per heavy atom. The van der Waals surface area contributed by atoms with Crippen LogP contribution in [0.15, 0.2) is 24.3 Å². The number of ether oxygens (including phenoxy) is 1. The van der Waals surface area contributed by atoms with Crippen molar-refractivity contribution in [1.82, 2.24) is 10.2 Å². The quantitative estimate of drug-likeness (QED) is 0.919. The van der Waals surface area contributed by atoms with Gasteiger partial charge in [-0.1, -0.05) is 38.5 Å². The molecular formula is C18H28N2O. The number of rotatable bonds is 4. The van der Waals surface area contributed by atoms with Gasteiger partial charge >= 0.3 is 0 Å². The molecule has 0 amide bonds. The fourth-order valence-electron chi connectivity index (χ4n) is 4.00. The molecule has 0 bridgehead atoms. The Morgan fingerprint density at radius 3 is 2.90 bits per heavy atom. The van der Waals surface area contributed by atoms with E-state index in [-0.39, 0.29) is 0 Å². The van der Waals surface area contributed by atoms with Crippen LogP contribution in [-0.4, -0.2) is 36.7 Å². The van der Waals surface area contributed by atoms with Crippen molar-refractivity contribution in [2.45, 2.75) is 57.7 Å². The monoisotopic (exact) mass is 288 g/mol. The molecule has 3 unspecified atom stereocenters. The normalized spacial score (nSPS) is 29.7. The zero-order valence-corrected chi connectivity index (χ0v) is 13.3. The smallest absolute Gasteiger partial charge is 0.124 e. The summed E-state index contributed by atoms with van der Waals surface area (Å²) in [6.45, 7) is 7.55. The maximum atomic E-state index is 6.08. The lowest BCUT2D eigenvalue weighted by Gasteiger charge is -2.46. The van der Waals surface area contributed by atoms with Gasteiger partial charge in [-0.15, -0.1) is 0 Å². The fourth-order valence-corrected chi connectivity index (χ4v) is 4.00. The van der Waals surface area contributed by atoms with Crippen LogP contribution in [0.5, 0.6) is 5.75 Å². The second-order valence-corrected chi connectivity index (χ2v) is 6.25. The molecule has 1 N–H and O–H groups in total. The van der Waals surface area contributed by atoms with Crippen LogP contribution < -0.4 is 10.1 Å². The number of likely N-dealkylation sites (N-methyl/N-ethyl adjacent to an activating group) is 1. The molecular weight excluding hydrogens is 260 g/mol. The molecule has 2 aliphatic heterocycles. The minimum Gasteiger partial charge on any atom is -0.492 e. The molecule has 21 heavy (non-hydrogen) atoms. The summed E-state index contributed by atoms with van der Waals surface area (Å²) in [4.78, 5) is 2.72. The number of benzene rings is 1. The van der Waals surface area contributed by atoms with E-state index in [9.17, 15) is 0 Å². The predicted molar refractivity (Wildman–Crippen MR) is 86.8 cm³/mol. The van der Waals surface area contributed by atoms with Crippen LogP contribution in [0.1, 0.15) is 51.1 Å². The van der Waals surface area contributed by atoms with Gasteiger partial charge in [0.15, 0.2) is 0 Å². The Kier molecular flexibility index (Phi) is 4.81. The minimum absolute atomic E-state index is 0.395. The number of likely N-dealkylation sites (tertiary alicyclic amines) is 1. The van der Waals surface area contributed by atoms with Gasteiger partial charge in [-0.3, -0.25) is 4.90 Å². The van der Waals surface area contributed by atoms with Crippen molar-refractivity contribution in [3.05, 3.63) is 29.8 Å². The first-order valence-electron chi connectivity index (χ1n) is 8.56. The van der Waals surface area contributed by atoms with Crippen molar-refractivity contribution >= 4 is 0 Å². The van der Waals surface area contributed by atoms with E-state index in [0.29, 0.717) is 12.1 Å². The van der Waals surface area contributed by atoms with Crippen LogP contribution in [0, 0.1) is 0 Å². The summed E-state index contributed by atoms with van der Waals surface area (Å²) in [6.07, 6.45) is 5.29. The lowest BCUT2D eigenvalue weighted by atomic mass is 9.90. The number of nitrogens with one attached hydrogen (secondary N) is 1. The third kappa shape index (κ3) is 2.95. The molecule has 1 aromatic rings. The van der Waals surface area contributed by atoms with Gasteiger partial charge < -0.3 is 10.1 Å². The highest BCUT2D eigenvalue weighted by atomic mass is 16.5. The molecule has 3 nitrogen and oxygen atoms in total. The Morgan fingerprint density at radius 1 is 1.24 bits per heavy atom. The van der Waals surface area contributed by atoms with Gasteiger partial charge in [-0.05, 0) is 38.4 Å². The highest BCUT2D eigenvalue weighted by Crippen LogP contribution is 2.36. The summed E-state index contributed by atoms with van der Waals surface area (Å²) in [5, 5.41) is 3.71. The van der Waals surface area contributed by atoms with Crippen molar-refractivity contribution in [3.63, 3.8) is 0 Å². The van der Waals surface area contributed by atoms with Gasteiger partial charge in [-0.25, -0.2) is 0 Å².